The monoisotopic (exact) mass is 279 g/mol. The first-order valence-corrected chi connectivity index (χ1v) is 7.31. The number of nitrogens with one attached hydrogen (secondary N) is 1. The van der Waals surface area contributed by atoms with E-state index in [0.29, 0.717) is 5.88 Å². The van der Waals surface area contributed by atoms with E-state index >= 15 is 0 Å². The lowest BCUT2D eigenvalue weighted by Crippen LogP contribution is -2.01. The van der Waals surface area contributed by atoms with Gasteiger partial charge in [0, 0.05) is 18.5 Å². The van der Waals surface area contributed by atoms with Gasteiger partial charge in [0.05, 0.1) is 0 Å². The Morgan fingerprint density at radius 2 is 1.89 bits per heavy atom. The Kier molecular flexibility index (Phi) is 4.84. The van der Waals surface area contributed by atoms with Crippen LogP contribution in [0.5, 0.6) is 0 Å². The number of benzene rings is 1. The molecule has 0 atom stereocenters. The molecule has 0 spiro atoms. The second-order valence-electron chi connectivity index (χ2n) is 3.75. The number of hydrogen-bond acceptors (Lipinski definition) is 4. The molecule has 1 aromatic carbocycles. The van der Waals surface area contributed by atoms with Crippen molar-refractivity contribution >= 4 is 29.2 Å². The van der Waals surface area contributed by atoms with E-state index in [-0.39, 0.29) is 0 Å². The average molecular weight is 280 g/mol. The van der Waals surface area contributed by atoms with Crippen molar-refractivity contribution in [3.8, 4) is 0 Å². The van der Waals surface area contributed by atoms with E-state index < -0.39 is 0 Å². The van der Waals surface area contributed by atoms with Gasteiger partial charge < -0.3 is 5.32 Å². The van der Waals surface area contributed by atoms with Gasteiger partial charge in [0.25, 0.3) is 0 Å². The van der Waals surface area contributed by atoms with Crippen LogP contribution in [0.2, 0.25) is 0 Å². The number of thioether (sulfide) groups is 1. The van der Waals surface area contributed by atoms with Gasteiger partial charge >= 0.3 is 0 Å². The molecule has 0 aliphatic carbocycles. The van der Waals surface area contributed by atoms with Crippen molar-refractivity contribution in [3.63, 3.8) is 0 Å². The van der Waals surface area contributed by atoms with Gasteiger partial charge in [0.2, 0.25) is 0 Å². The first kappa shape index (κ1) is 13.2. The Labute approximate surface area is 116 Å². The Bertz CT molecular complexity index is 502. The molecule has 0 unspecified atom stereocenters. The maximum atomic E-state index is 5.75. The number of anilines is 1. The van der Waals surface area contributed by atoms with Crippen LogP contribution >= 0.6 is 23.4 Å². The van der Waals surface area contributed by atoms with E-state index in [1.165, 1.54) is 5.56 Å². The minimum absolute atomic E-state index is 0.552. The van der Waals surface area contributed by atoms with E-state index in [4.69, 9.17) is 11.6 Å². The highest BCUT2D eigenvalue weighted by Crippen LogP contribution is 2.14. The SMILES string of the molecule is CSc1cc(NCc2ccc(CCl)cc2)ncn1. The van der Waals surface area contributed by atoms with Gasteiger partial charge in [-0.1, -0.05) is 24.3 Å². The van der Waals surface area contributed by atoms with Gasteiger partial charge in [0.1, 0.15) is 17.2 Å². The molecule has 1 aromatic heterocycles. The Balaban J connectivity index is 1.97. The standard InChI is InChI=1S/C13H14ClN3S/c1-18-13-6-12(16-9-17-13)15-8-11-4-2-10(7-14)3-5-11/h2-6,9H,7-8H2,1H3,(H,15,16,17). The summed E-state index contributed by atoms with van der Waals surface area (Å²) in [7, 11) is 0. The lowest BCUT2D eigenvalue weighted by molar-refractivity contribution is 1.02. The van der Waals surface area contributed by atoms with Gasteiger partial charge in [-0.05, 0) is 17.4 Å². The van der Waals surface area contributed by atoms with Gasteiger partial charge in [0.15, 0.2) is 0 Å². The van der Waals surface area contributed by atoms with Crippen molar-refractivity contribution in [2.24, 2.45) is 0 Å². The maximum absolute atomic E-state index is 5.75. The fourth-order valence-electron chi connectivity index (χ4n) is 1.49. The van der Waals surface area contributed by atoms with Crippen molar-refractivity contribution < 1.29 is 0 Å². The van der Waals surface area contributed by atoms with Crippen LogP contribution in [-0.4, -0.2) is 16.2 Å². The Hall–Kier alpha value is -1.26. The molecule has 0 radical (unpaired) electrons. The van der Waals surface area contributed by atoms with Crippen molar-refractivity contribution in [1.29, 1.82) is 0 Å². The highest BCUT2D eigenvalue weighted by molar-refractivity contribution is 7.98. The smallest absolute Gasteiger partial charge is 0.130 e. The zero-order valence-corrected chi connectivity index (χ0v) is 11.6. The number of rotatable bonds is 5. The number of nitrogens with zero attached hydrogens (tertiary/aromatic N) is 2. The normalized spacial score (nSPS) is 10.3. The lowest BCUT2D eigenvalue weighted by atomic mass is 10.1. The summed E-state index contributed by atoms with van der Waals surface area (Å²) in [5.41, 5.74) is 2.33. The Morgan fingerprint density at radius 1 is 1.17 bits per heavy atom. The van der Waals surface area contributed by atoms with Crippen molar-refractivity contribution in [2.45, 2.75) is 17.5 Å². The molecule has 2 aromatic rings. The third-order valence-electron chi connectivity index (χ3n) is 2.50. The zero-order valence-electron chi connectivity index (χ0n) is 10.1. The Morgan fingerprint density at radius 3 is 2.56 bits per heavy atom. The second kappa shape index (κ2) is 6.61. The third kappa shape index (κ3) is 3.62. The van der Waals surface area contributed by atoms with E-state index in [1.54, 1.807) is 18.1 Å². The summed E-state index contributed by atoms with van der Waals surface area (Å²) in [6, 6.07) is 10.2. The third-order valence-corrected chi connectivity index (χ3v) is 3.45. The molecule has 1 N–H and O–H groups in total. The van der Waals surface area contributed by atoms with Crippen molar-refractivity contribution in [3.05, 3.63) is 47.8 Å². The fourth-order valence-corrected chi connectivity index (χ4v) is 2.05. The molecule has 5 heteroatoms. The fraction of sp³-hybridized carbons (Fsp3) is 0.231. The molecule has 0 aliphatic rings. The molecule has 18 heavy (non-hydrogen) atoms. The topological polar surface area (TPSA) is 37.8 Å². The summed E-state index contributed by atoms with van der Waals surface area (Å²) >= 11 is 7.35. The predicted molar refractivity (Wildman–Crippen MR) is 77.1 cm³/mol. The summed E-state index contributed by atoms with van der Waals surface area (Å²) in [5.74, 6) is 1.40. The van der Waals surface area contributed by atoms with Gasteiger partial charge in [-0.15, -0.1) is 23.4 Å². The van der Waals surface area contributed by atoms with Gasteiger partial charge in [-0.25, -0.2) is 9.97 Å². The van der Waals surface area contributed by atoms with E-state index in [9.17, 15) is 0 Å². The second-order valence-corrected chi connectivity index (χ2v) is 4.84. The molecular weight excluding hydrogens is 266 g/mol. The quantitative estimate of drug-likeness (QED) is 0.516. The van der Waals surface area contributed by atoms with Crippen LogP contribution in [0.4, 0.5) is 5.82 Å². The zero-order chi connectivity index (χ0) is 12.8. The van der Waals surface area contributed by atoms with Gasteiger partial charge in [-0.3, -0.25) is 0 Å². The van der Waals surface area contributed by atoms with Crippen molar-refractivity contribution in [2.75, 3.05) is 11.6 Å². The lowest BCUT2D eigenvalue weighted by Gasteiger charge is -2.06. The highest BCUT2D eigenvalue weighted by atomic mass is 35.5. The molecule has 0 amide bonds. The molecule has 2 rings (SSSR count). The average Bonchev–Trinajstić information content (AvgIpc) is 2.46. The first-order valence-electron chi connectivity index (χ1n) is 5.55. The van der Waals surface area contributed by atoms with Crippen LogP contribution in [0, 0.1) is 0 Å². The molecular formula is C13H14ClN3S. The molecule has 3 nitrogen and oxygen atoms in total. The van der Waals surface area contributed by atoms with Crippen LogP contribution in [0.25, 0.3) is 0 Å². The molecule has 0 saturated heterocycles. The molecule has 94 valence electrons. The van der Waals surface area contributed by atoms with Crippen LogP contribution in [0.3, 0.4) is 0 Å². The van der Waals surface area contributed by atoms with Gasteiger partial charge in [-0.2, -0.15) is 0 Å². The van der Waals surface area contributed by atoms with Crippen LogP contribution in [-0.2, 0) is 12.4 Å². The maximum Gasteiger partial charge on any atom is 0.130 e. The summed E-state index contributed by atoms with van der Waals surface area (Å²) < 4.78 is 0. The van der Waals surface area contributed by atoms with Crippen LogP contribution < -0.4 is 5.32 Å². The van der Waals surface area contributed by atoms with E-state index in [0.717, 1.165) is 23.0 Å². The predicted octanol–water partition coefficient (Wildman–Crippen LogP) is 3.55. The van der Waals surface area contributed by atoms with Crippen LogP contribution in [0.1, 0.15) is 11.1 Å². The minimum atomic E-state index is 0.552. The summed E-state index contributed by atoms with van der Waals surface area (Å²) in [6.07, 6.45) is 3.57. The van der Waals surface area contributed by atoms with E-state index in [2.05, 4.69) is 27.4 Å². The summed E-state index contributed by atoms with van der Waals surface area (Å²) in [6.45, 7) is 0.743. The minimum Gasteiger partial charge on any atom is -0.366 e. The highest BCUT2D eigenvalue weighted by Gasteiger charge is 1.98. The molecule has 0 bridgehead atoms. The number of hydrogen-bond donors (Lipinski definition) is 1. The summed E-state index contributed by atoms with van der Waals surface area (Å²) in [4.78, 5) is 8.31. The number of halogens is 1. The largest absolute Gasteiger partial charge is 0.366 e. The molecule has 0 fully saturated rings. The molecule has 0 aliphatic heterocycles. The molecule has 0 saturated carbocycles. The first-order chi connectivity index (χ1) is 8.81. The summed E-state index contributed by atoms with van der Waals surface area (Å²) in [5, 5.41) is 4.24. The van der Waals surface area contributed by atoms with E-state index in [1.807, 2.05) is 24.5 Å². The number of alkyl halides is 1. The number of aromatic nitrogens is 2. The van der Waals surface area contributed by atoms with Crippen LogP contribution in [0.15, 0.2) is 41.7 Å². The van der Waals surface area contributed by atoms with Crippen molar-refractivity contribution in [1.82, 2.24) is 9.97 Å². The molecule has 1 heterocycles.